The summed E-state index contributed by atoms with van der Waals surface area (Å²) < 4.78 is 23.0. The Morgan fingerprint density at radius 3 is 2.77 bits per heavy atom. The number of aliphatic hydroxyl groups excluding tert-OH is 1. The number of fused-ring (bicyclic) bond motifs is 1. The van der Waals surface area contributed by atoms with Gasteiger partial charge in [-0.15, -0.1) is 0 Å². The number of carbonyl (C=O) groups is 1. The molecular weight excluding hydrogens is 398 g/mol. The minimum absolute atomic E-state index is 0.0290. The van der Waals surface area contributed by atoms with Gasteiger partial charge in [-0.1, -0.05) is 25.3 Å². The van der Waals surface area contributed by atoms with Gasteiger partial charge < -0.3 is 29.4 Å². The minimum Gasteiger partial charge on any atom is -0.459 e. The van der Waals surface area contributed by atoms with Gasteiger partial charge in [-0.25, -0.2) is 0 Å². The summed E-state index contributed by atoms with van der Waals surface area (Å²) in [5.41, 5.74) is 1.02. The van der Waals surface area contributed by atoms with Crippen LogP contribution in [0.2, 0.25) is 0 Å². The molecular formula is C24H33NO6. The van der Waals surface area contributed by atoms with Crippen LogP contribution in [0.5, 0.6) is 11.5 Å². The summed E-state index contributed by atoms with van der Waals surface area (Å²) in [5, 5.41) is 12.6. The van der Waals surface area contributed by atoms with Crippen LogP contribution >= 0.6 is 0 Å². The third-order valence-corrected chi connectivity index (χ3v) is 6.36. The molecule has 4 rings (SSSR count). The molecule has 3 aliphatic rings. The molecule has 2 heterocycles. The van der Waals surface area contributed by atoms with Crippen molar-refractivity contribution in [3.05, 3.63) is 35.6 Å². The van der Waals surface area contributed by atoms with E-state index in [1.165, 1.54) is 6.42 Å². The number of nitrogens with one attached hydrogen (secondary N) is 1. The van der Waals surface area contributed by atoms with Crippen LogP contribution in [0.1, 0.15) is 63.4 Å². The molecule has 0 saturated heterocycles. The Morgan fingerprint density at radius 2 is 2.00 bits per heavy atom. The number of hydrogen-bond acceptors (Lipinski definition) is 6. The molecule has 1 amide bonds. The van der Waals surface area contributed by atoms with Crippen molar-refractivity contribution >= 4 is 5.91 Å². The van der Waals surface area contributed by atoms with Crippen molar-refractivity contribution in [2.24, 2.45) is 5.92 Å². The number of rotatable bonds is 8. The normalized spacial score (nSPS) is 25.6. The van der Waals surface area contributed by atoms with Crippen LogP contribution in [-0.2, 0) is 14.3 Å². The van der Waals surface area contributed by atoms with Gasteiger partial charge in [-0.2, -0.15) is 0 Å². The van der Waals surface area contributed by atoms with Crippen molar-refractivity contribution in [2.45, 2.75) is 70.1 Å². The maximum atomic E-state index is 13.1. The fourth-order valence-electron chi connectivity index (χ4n) is 4.77. The third-order valence-electron chi connectivity index (χ3n) is 6.36. The lowest BCUT2D eigenvalue weighted by Crippen LogP contribution is -2.42. The van der Waals surface area contributed by atoms with Gasteiger partial charge in [0.1, 0.15) is 0 Å². The number of ether oxygens (including phenoxy) is 4. The molecule has 1 aliphatic carbocycles. The molecule has 0 spiro atoms. The molecule has 1 fully saturated rings. The standard InChI is InChI=1S/C24H33NO6/c1-2-28-24-18(9-6-12-26)19(16-10-11-20-21(13-16)30-15-29-20)14-22(31-24)23(27)25-17-7-4-3-5-8-17/h10-11,13-14,17-19,24,26H,2-9,12,15H2,1H3,(H,25,27)/t18-,19+,24+/m1/s1. The first-order chi connectivity index (χ1) is 15.2. The average molecular weight is 432 g/mol. The SMILES string of the molecule is CCO[C@H]1OC(C(=O)NC2CCCCC2)=C[C@@H](c2ccc3c(c2)OCO3)[C@H]1CCCO. The number of amides is 1. The van der Waals surface area contributed by atoms with Crippen LogP contribution in [0.15, 0.2) is 30.0 Å². The third kappa shape index (κ3) is 5.15. The highest BCUT2D eigenvalue weighted by Crippen LogP contribution is 2.42. The fourth-order valence-corrected chi connectivity index (χ4v) is 4.77. The molecule has 1 aromatic rings. The second kappa shape index (κ2) is 10.4. The Bertz CT molecular complexity index is 788. The van der Waals surface area contributed by atoms with E-state index >= 15 is 0 Å². The molecule has 0 radical (unpaired) electrons. The lowest BCUT2D eigenvalue weighted by molar-refractivity contribution is -0.166. The molecule has 7 heteroatoms. The van der Waals surface area contributed by atoms with Gasteiger partial charge in [-0.05, 0) is 56.4 Å². The Labute approximate surface area is 183 Å². The van der Waals surface area contributed by atoms with E-state index in [4.69, 9.17) is 18.9 Å². The summed E-state index contributed by atoms with van der Waals surface area (Å²) in [6, 6.07) is 6.08. The number of carbonyl (C=O) groups excluding carboxylic acids is 1. The predicted molar refractivity (Wildman–Crippen MR) is 115 cm³/mol. The first kappa shape index (κ1) is 22.0. The monoisotopic (exact) mass is 431 g/mol. The smallest absolute Gasteiger partial charge is 0.286 e. The summed E-state index contributed by atoms with van der Waals surface area (Å²) in [4.78, 5) is 13.1. The number of aliphatic hydroxyl groups is 1. The molecule has 0 aromatic heterocycles. The van der Waals surface area contributed by atoms with Crippen LogP contribution in [0.25, 0.3) is 0 Å². The van der Waals surface area contributed by atoms with Crippen LogP contribution in [0.4, 0.5) is 0 Å². The Kier molecular flexibility index (Phi) is 7.35. The van der Waals surface area contributed by atoms with E-state index in [9.17, 15) is 9.90 Å². The van der Waals surface area contributed by atoms with Crippen LogP contribution in [0.3, 0.4) is 0 Å². The molecule has 3 atom stereocenters. The lowest BCUT2D eigenvalue weighted by atomic mass is 9.80. The van der Waals surface area contributed by atoms with Crippen LogP contribution < -0.4 is 14.8 Å². The van der Waals surface area contributed by atoms with Gasteiger partial charge in [0.15, 0.2) is 17.3 Å². The largest absolute Gasteiger partial charge is 0.459 e. The number of allylic oxidation sites excluding steroid dienone is 1. The minimum atomic E-state index is -0.552. The highest BCUT2D eigenvalue weighted by molar-refractivity contribution is 5.92. The maximum absolute atomic E-state index is 13.1. The van der Waals surface area contributed by atoms with E-state index in [0.717, 1.165) is 37.0 Å². The summed E-state index contributed by atoms with van der Waals surface area (Å²) >= 11 is 0. The van der Waals surface area contributed by atoms with Crippen LogP contribution in [0, 0.1) is 5.92 Å². The number of benzene rings is 1. The van der Waals surface area contributed by atoms with Crippen molar-refractivity contribution in [2.75, 3.05) is 20.0 Å². The number of hydrogen-bond donors (Lipinski definition) is 2. The zero-order chi connectivity index (χ0) is 21.6. The van der Waals surface area contributed by atoms with E-state index in [0.29, 0.717) is 31.0 Å². The van der Waals surface area contributed by atoms with Gasteiger partial charge in [0, 0.05) is 31.1 Å². The van der Waals surface area contributed by atoms with Crippen molar-refractivity contribution in [1.82, 2.24) is 5.32 Å². The topological polar surface area (TPSA) is 86.3 Å². The van der Waals surface area contributed by atoms with E-state index in [1.807, 2.05) is 31.2 Å². The Balaban J connectivity index is 1.62. The first-order valence-electron chi connectivity index (χ1n) is 11.5. The molecule has 31 heavy (non-hydrogen) atoms. The summed E-state index contributed by atoms with van der Waals surface area (Å²) in [7, 11) is 0. The van der Waals surface area contributed by atoms with E-state index in [2.05, 4.69) is 5.32 Å². The van der Waals surface area contributed by atoms with Gasteiger partial charge in [0.2, 0.25) is 13.1 Å². The van der Waals surface area contributed by atoms with E-state index in [-0.39, 0.29) is 37.2 Å². The maximum Gasteiger partial charge on any atom is 0.286 e. The van der Waals surface area contributed by atoms with Gasteiger partial charge in [0.05, 0.1) is 0 Å². The van der Waals surface area contributed by atoms with Crippen molar-refractivity contribution in [1.29, 1.82) is 0 Å². The quantitative estimate of drug-likeness (QED) is 0.654. The predicted octanol–water partition coefficient (Wildman–Crippen LogP) is 3.61. The van der Waals surface area contributed by atoms with Gasteiger partial charge >= 0.3 is 0 Å². The molecule has 170 valence electrons. The summed E-state index contributed by atoms with van der Waals surface area (Å²) in [5.74, 6) is 1.44. The molecule has 1 saturated carbocycles. The molecule has 2 aliphatic heterocycles. The fraction of sp³-hybridized carbons (Fsp3) is 0.625. The highest BCUT2D eigenvalue weighted by Gasteiger charge is 2.38. The van der Waals surface area contributed by atoms with Crippen molar-refractivity contribution in [3.8, 4) is 11.5 Å². The zero-order valence-electron chi connectivity index (χ0n) is 18.2. The molecule has 0 unspecified atom stereocenters. The highest BCUT2D eigenvalue weighted by atomic mass is 16.7. The lowest BCUT2D eigenvalue weighted by Gasteiger charge is -2.37. The van der Waals surface area contributed by atoms with Crippen molar-refractivity contribution in [3.63, 3.8) is 0 Å². The molecule has 1 aromatic carbocycles. The van der Waals surface area contributed by atoms with E-state index < -0.39 is 6.29 Å². The van der Waals surface area contributed by atoms with Gasteiger partial charge in [0.25, 0.3) is 5.91 Å². The zero-order valence-corrected chi connectivity index (χ0v) is 18.2. The second-order valence-corrected chi connectivity index (χ2v) is 8.45. The average Bonchev–Trinajstić information content (AvgIpc) is 3.26. The molecule has 0 bridgehead atoms. The van der Waals surface area contributed by atoms with Crippen LogP contribution in [-0.4, -0.2) is 43.4 Å². The van der Waals surface area contributed by atoms with E-state index in [1.54, 1.807) is 0 Å². The molecule has 7 nitrogen and oxygen atoms in total. The van der Waals surface area contributed by atoms with Crippen molar-refractivity contribution < 1.29 is 28.8 Å². The Hall–Kier alpha value is -2.25. The summed E-state index contributed by atoms with van der Waals surface area (Å²) in [6.07, 6.45) is 8.26. The second-order valence-electron chi connectivity index (χ2n) is 8.45. The Morgan fingerprint density at radius 1 is 1.19 bits per heavy atom. The summed E-state index contributed by atoms with van der Waals surface area (Å²) in [6.45, 7) is 2.71. The molecule has 2 N–H and O–H groups in total. The van der Waals surface area contributed by atoms with Gasteiger partial charge in [-0.3, -0.25) is 4.79 Å². The first-order valence-corrected chi connectivity index (χ1v) is 11.5.